The average Bonchev–Trinajstić information content (AvgIpc) is 1.99. The van der Waals surface area contributed by atoms with Crippen molar-refractivity contribution in [1.82, 2.24) is 4.98 Å². The molecule has 0 amide bonds. The van der Waals surface area contributed by atoms with Gasteiger partial charge in [-0.25, -0.2) is 4.98 Å². The summed E-state index contributed by atoms with van der Waals surface area (Å²) in [7, 11) is 0. The summed E-state index contributed by atoms with van der Waals surface area (Å²) in [4.78, 5) is 4.08. The molecule has 0 atom stereocenters. The topological polar surface area (TPSA) is 12.9 Å². The van der Waals surface area contributed by atoms with Crippen LogP contribution >= 0.6 is 46.6 Å². The number of hydrogen-bond donors (Lipinski definition) is 0. The summed E-state index contributed by atoms with van der Waals surface area (Å²) >= 11 is 19.0. The zero-order valence-electron chi connectivity index (χ0n) is 7.14. The first-order valence-electron chi connectivity index (χ1n) is 3.69. The molecule has 72 valence electrons. The second-order valence-electron chi connectivity index (χ2n) is 2.71. The predicted molar refractivity (Wildman–Crippen MR) is 60.3 cm³/mol. The molecule has 0 fully saturated rings. The van der Waals surface area contributed by atoms with E-state index in [0.29, 0.717) is 20.4 Å². The Morgan fingerprint density at radius 1 is 1.23 bits per heavy atom. The number of rotatable bonds is 2. The fourth-order valence-corrected chi connectivity index (χ4v) is 2.18. The molecule has 0 aromatic carbocycles. The fraction of sp³-hybridized carbons (Fsp3) is 0.375. The van der Waals surface area contributed by atoms with Gasteiger partial charge in [0.05, 0.1) is 10.0 Å². The number of halogens is 3. The highest BCUT2D eigenvalue weighted by Crippen LogP contribution is 2.33. The lowest BCUT2D eigenvalue weighted by atomic mass is 10.5. The van der Waals surface area contributed by atoms with E-state index in [1.54, 1.807) is 17.8 Å². The normalized spacial score (nSPS) is 10.9. The third kappa shape index (κ3) is 3.21. The van der Waals surface area contributed by atoms with E-state index in [1.807, 2.05) is 0 Å². The predicted octanol–water partition coefficient (Wildman–Crippen LogP) is 4.54. The minimum atomic E-state index is 0.300. The summed E-state index contributed by atoms with van der Waals surface area (Å²) in [6.07, 6.45) is 0. The van der Waals surface area contributed by atoms with E-state index in [-0.39, 0.29) is 0 Å². The van der Waals surface area contributed by atoms with Gasteiger partial charge in [-0.05, 0) is 6.07 Å². The minimum absolute atomic E-state index is 0.300. The van der Waals surface area contributed by atoms with Crippen LogP contribution in [0, 0.1) is 0 Å². The Bertz CT molecular complexity index is 315. The largest absolute Gasteiger partial charge is 0.227 e. The smallest absolute Gasteiger partial charge is 0.149 e. The summed E-state index contributed by atoms with van der Waals surface area (Å²) in [5.41, 5.74) is 0. The van der Waals surface area contributed by atoms with Crippen LogP contribution in [0.2, 0.25) is 15.2 Å². The molecule has 0 radical (unpaired) electrons. The Morgan fingerprint density at radius 2 is 1.85 bits per heavy atom. The lowest BCUT2D eigenvalue weighted by molar-refractivity contribution is 1.07. The SMILES string of the molecule is CC(C)Sc1nc(Cl)c(Cl)cc1Cl. The molecule has 0 saturated heterocycles. The van der Waals surface area contributed by atoms with Crippen LogP contribution in [0.25, 0.3) is 0 Å². The summed E-state index contributed by atoms with van der Waals surface area (Å²) < 4.78 is 0. The first kappa shape index (κ1) is 11.4. The molecule has 0 unspecified atom stereocenters. The third-order valence-electron chi connectivity index (χ3n) is 1.20. The van der Waals surface area contributed by atoms with Crippen LogP contribution in [-0.4, -0.2) is 10.2 Å². The number of thioether (sulfide) groups is 1. The molecule has 1 nitrogen and oxygen atoms in total. The molecule has 0 N–H and O–H groups in total. The van der Waals surface area contributed by atoms with E-state index in [1.165, 1.54) is 0 Å². The maximum Gasteiger partial charge on any atom is 0.149 e. The number of nitrogens with zero attached hydrogens (tertiary/aromatic N) is 1. The Labute approximate surface area is 96.8 Å². The molecule has 0 bridgehead atoms. The second kappa shape index (κ2) is 4.74. The molecule has 1 aromatic heterocycles. The first-order valence-corrected chi connectivity index (χ1v) is 5.70. The quantitative estimate of drug-likeness (QED) is 0.569. The van der Waals surface area contributed by atoms with Gasteiger partial charge in [0.1, 0.15) is 10.2 Å². The van der Waals surface area contributed by atoms with Crippen LogP contribution in [0.4, 0.5) is 0 Å². The highest BCUT2D eigenvalue weighted by Gasteiger charge is 2.09. The minimum Gasteiger partial charge on any atom is -0.227 e. The number of aromatic nitrogens is 1. The molecule has 0 saturated carbocycles. The standard InChI is InChI=1S/C8H8Cl3NS/c1-4(2)13-8-6(10)3-5(9)7(11)12-8/h3-4H,1-2H3. The van der Waals surface area contributed by atoms with Gasteiger partial charge in [-0.3, -0.25) is 0 Å². The summed E-state index contributed by atoms with van der Waals surface area (Å²) in [6.45, 7) is 4.12. The van der Waals surface area contributed by atoms with E-state index in [9.17, 15) is 0 Å². The molecule has 1 rings (SSSR count). The van der Waals surface area contributed by atoms with E-state index in [0.717, 1.165) is 5.03 Å². The highest BCUT2D eigenvalue weighted by atomic mass is 35.5. The molecule has 0 aliphatic carbocycles. The van der Waals surface area contributed by atoms with Crippen molar-refractivity contribution in [3.63, 3.8) is 0 Å². The van der Waals surface area contributed by atoms with E-state index in [4.69, 9.17) is 34.8 Å². The maximum atomic E-state index is 5.92. The fourth-order valence-electron chi connectivity index (χ4n) is 0.734. The van der Waals surface area contributed by atoms with Gasteiger partial charge in [0.2, 0.25) is 0 Å². The zero-order valence-corrected chi connectivity index (χ0v) is 10.2. The van der Waals surface area contributed by atoms with Crippen LogP contribution in [0.5, 0.6) is 0 Å². The Hall–Kier alpha value is 0.370. The van der Waals surface area contributed by atoms with Crippen molar-refractivity contribution in [3.8, 4) is 0 Å². The van der Waals surface area contributed by atoms with Gasteiger partial charge in [-0.15, -0.1) is 11.8 Å². The molecule has 0 spiro atoms. The number of hydrogen-bond acceptors (Lipinski definition) is 2. The molecule has 5 heteroatoms. The van der Waals surface area contributed by atoms with Crippen LogP contribution in [-0.2, 0) is 0 Å². The lowest BCUT2D eigenvalue weighted by Crippen LogP contribution is -1.90. The number of pyridine rings is 1. The maximum absolute atomic E-state index is 5.92. The summed E-state index contributed by atoms with van der Waals surface area (Å²) in [6, 6.07) is 1.61. The third-order valence-corrected chi connectivity index (χ3v) is 3.28. The van der Waals surface area contributed by atoms with Gasteiger partial charge in [0, 0.05) is 5.25 Å². The van der Waals surface area contributed by atoms with Crippen molar-refractivity contribution < 1.29 is 0 Å². The van der Waals surface area contributed by atoms with Crippen LogP contribution in [0.15, 0.2) is 11.1 Å². The highest BCUT2D eigenvalue weighted by molar-refractivity contribution is 7.99. The van der Waals surface area contributed by atoms with Crippen molar-refractivity contribution in [2.24, 2.45) is 0 Å². The molecular weight excluding hydrogens is 249 g/mol. The zero-order chi connectivity index (χ0) is 10.0. The van der Waals surface area contributed by atoms with E-state index >= 15 is 0 Å². The molecule has 0 aliphatic rings. The van der Waals surface area contributed by atoms with E-state index < -0.39 is 0 Å². The van der Waals surface area contributed by atoms with Crippen molar-refractivity contribution in [1.29, 1.82) is 0 Å². The van der Waals surface area contributed by atoms with Crippen LogP contribution in [0.1, 0.15) is 13.8 Å². The lowest BCUT2D eigenvalue weighted by Gasteiger charge is -2.06. The van der Waals surface area contributed by atoms with Gasteiger partial charge in [-0.2, -0.15) is 0 Å². The van der Waals surface area contributed by atoms with Crippen molar-refractivity contribution in [3.05, 3.63) is 21.3 Å². The molecule has 0 aliphatic heterocycles. The summed E-state index contributed by atoms with van der Waals surface area (Å²) in [5.74, 6) is 0. The Kier molecular flexibility index (Phi) is 4.17. The van der Waals surface area contributed by atoms with Crippen molar-refractivity contribution in [2.45, 2.75) is 24.1 Å². The van der Waals surface area contributed by atoms with Gasteiger partial charge in [-0.1, -0.05) is 48.7 Å². The average molecular weight is 257 g/mol. The Morgan fingerprint density at radius 3 is 2.38 bits per heavy atom. The molecule has 1 heterocycles. The van der Waals surface area contributed by atoms with Gasteiger partial charge in [0.25, 0.3) is 0 Å². The molecular formula is C8H8Cl3NS. The van der Waals surface area contributed by atoms with Crippen LogP contribution < -0.4 is 0 Å². The van der Waals surface area contributed by atoms with Crippen molar-refractivity contribution >= 4 is 46.6 Å². The van der Waals surface area contributed by atoms with Gasteiger partial charge in [0.15, 0.2) is 0 Å². The van der Waals surface area contributed by atoms with Crippen LogP contribution in [0.3, 0.4) is 0 Å². The molecule has 13 heavy (non-hydrogen) atoms. The van der Waals surface area contributed by atoms with E-state index in [2.05, 4.69) is 18.8 Å². The second-order valence-corrected chi connectivity index (χ2v) is 5.45. The summed E-state index contributed by atoms with van der Waals surface area (Å²) in [5, 5.41) is 2.38. The Balaban J connectivity index is 3.01. The monoisotopic (exact) mass is 255 g/mol. The van der Waals surface area contributed by atoms with Gasteiger partial charge < -0.3 is 0 Å². The van der Waals surface area contributed by atoms with Crippen molar-refractivity contribution in [2.75, 3.05) is 0 Å². The molecule has 1 aromatic rings. The van der Waals surface area contributed by atoms with Gasteiger partial charge >= 0.3 is 0 Å². The first-order chi connectivity index (χ1) is 6.00.